The third kappa shape index (κ3) is 3.42. The summed E-state index contributed by atoms with van der Waals surface area (Å²) in [6, 6.07) is 5.43. The van der Waals surface area contributed by atoms with Crippen molar-refractivity contribution in [3.63, 3.8) is 0 Å². The summed E-state index contributed by atoms with van der Waals surface area (Å²) in [5.41, 5.74) is 0.507. The molecule has 0 aliphatic carbocycles. The number of aliphatic hydroxyl groups excluding tert-OH is 1. The van der Waals surface area contributed by atoms with Gasteiger partial charge in [0.15, 0.2) is 0 Å². The van der Waals surface area contributed by atoms with Crippen LogP contribution >= 0.6 is 23.4 Å². The summed E-state index contributed by atoms with van der Waals surface area (Å²) >= 11 is 7.67. The van der Waals surface area contributed by atoms with Gasteiger partial charge in [-0.1, -0.05) is 11.6 Å². The lowest BCUT2D eigenvalue weighted by molar-refractivity contribution is -0.0447. The second kappa shape index (κ2) is 6.61. The Hall–Kier alpha value is -0.750. The lowest BCUT2D eigenvalue weighted by Crippen LogP contribution is -2.47. The largest absolute Gasteiger partial charge is 0.394 e. The Morgan fingerprint density at radius 1 is 1.63 bits per heavy atom. The van der Waals surface area contributed by atoms with Crippen LogP contribution in [0.4, 0.5) is 0 Å². The van der Waals surface area contributed by atoms with E-state index in [1.54, 1.807) is 28.8 Å². The van der Waals surface area contributed by atoms with E-state index in [0.29, 0.717) is 30.3 Å². The first-order valence-electron chi connectivity index (χ1n) is 6.01. The molecule has 0 spiro atoms. The van der Waals surface area contributed by atoms with E-state index in [9.17, 15) is 4.79 Å². The van der Waals surface area contributed by atoms with Crippen molar-refractivity contribution in [3.05, 3.63) is 28.8 Å². The summed E-state index contributed by atoms with van der Waals surface area (Å²) in [5, 5.41) is 9.56. The van der Waals surface area contributed by atoms with Gasteiger partial charge in [-0.25, -0.2) is 0 Å². The molecule has 1 aliphatic heterocycles. The number of hydrogen-bond donors (Lipinski definition) is 1. The Bertz CT molecular complexity index is 469. The van der Waals surface area contributed by atoms with E-state index >= 15 is 0 Å². The molecule has 0 bridgehead atoms. The molecule has 4 nitrogen and oxygen atoms in total. The third-order valence-corrected chi connectivity index (χ3v) is 4.09. The van der Waals surface area contributed by atoms with Gasteiger partial charge < -0.3 is 14.7 Å². The Labute approximate surface area is 121 Å². The molecular formula is C13H16ClNO3S. The summed E-state index contributed by atoms with van der Waals surface area (Å²) in [6.07, 6.45) is 1.65. The standard InChI is InChI=1S/C13H16ClNO3S/c1-19-10-2-3-12(14)11(6-10)13(17)15-4-5-18-9(7-15)8-16/h2-3,6,9,16H,4-5,7-8H2,1H3. The molecule has 19 heavy (non-hydrogen) atoms. The topological polar surface area (TPSA) is 49.8 Å². The molecule has 0 saturated carbocycles. The highest BCUT2D eigenvalue weighted by Crippen LogP contribution is 2.24. The SMILES string of the molecule is CSc1ccc(Cl)c(C(=O)N2CCOC(CO)C2)c1. The number of carbonyl (C=O) groups excluding carboxylic acids is 1. The van der Waals surface area contributed by atoms with Crippen molar-refractivity contribution in [2.75, 3.05) is 32.6 Å². The van der Waals surface area contributed by atoms with Gasteiger partial charge in [-0.15, -0.1) is 11.8 Å². The van der Waals surface area contributed by atoms with Gasteiger partial charge in [-0.2, -0.15) is 0 Å². The molecule has 0 radical (unpaired) electrons. The first-order valence-corrected chi connectivity index (χ1v) is 7.61. The fourth-order valence-corrected chi connectivity index (χ4v) is 2.62. The molecule has 1 heterocycles. The van der Waals surface area contributed by atoms with Crippen molar-refractivity contribution in [2.45, 2.75) is 11.0 Å². The number of amides is 1. The molecule has 6 heteroatoms. The molecule has 2 rings (SSSR count). The highest BCUT2D eigenvalue weighted by atomic mass is 35.5. The van der Waals surface area contributed by atoms with Crippen LogP contribution in [0.2, 0.25) is 5.02 Å². The van der Waals surface area contributed by atoms with Gasteiger partial charge in [-0.3, -0.25) is 4.79 Å². The summed E-state index contributed by atoms with van der Waals surface area (Å²) in [5.74, 6) is -0.109. The highest BCUT2D eigenvalue weighted by molar-refractivity contribution is 7.98. The van der Waals surface area contributed by atoms with Crippen LogP contribution in [0.1, 0.15) is 10.4 Å². The van der Waals surface area contributed by atoms with E-state index in [1.807, 2.05) is 12.3 Å². The molecule has 1 N–H and O–H groups in total. The van der Waals surface area contributed by atoms with Crippen LogP contribution in [-0.4, -0.2) is 54.6 Å². The predicted octanol–water partition coefficient (Wildman–Crippen LogP) is 1.90. The minimum absolute atomic E-state index is 0.0810. The monoisotopic (exact) mass is 301 g/mol. The van der Waals surface area contributed by atoms with Crippen LogP contribution in [0.25, 0.3) is 0 Å². The van der Waals surface area contributed by atoms with Crippen molar-refractivity contribution in [3.8, 4) is 0 Å². The van der Waals surface area contributed by atoms with E-state index in [1.165, 1.54) is 0 Å². The first kappa shape index (κ1) is 14.7. The minimum atomic E-state index is -0.305. The van der Waals surface area contributed by atoms with Gasteiger partial charge in [0, 0.05) is 18.0 Å². The zero-order valence-corrected chi connectivity index (χ0v) is 12.2. The second-order valence-electron chi connectivity index (χ2n) is 4.27. The molecule has 1 aromatic carbocycles. The highest BCUT2D eigenvalue weighted by Gasteiger charge is 2.25. The van der Waals surface area contributed by atoms with Crippen LogP contribution < -0.4 is 0 Å². The number of nitrogens with zero attached hydrogens (tertiary/aromatic N) is 1. The van der Waals surface area contributed by atoms with Crippen molar-refractivity contribution >= 4 is 29.3 Å². The molecular weight excluding hydrogens is 286 g/mol. The maximum absolute atomic E-state index is 12.4. The van der Waals surface area contributed by atoms with Crippen molar-refractivity contribution in [1.29, 1.82) is 0 Å². The van der Waals surface area contributed by atoms with E-state index in [-0.39, 0.29) is 18.6 Å². The Balaban J connectivity index is 2.18. The number of morpholine rings is 1. The molecule has 1 unspecified atom stereocenters. The Morgan fingerprint density at radius 2 is 2.42 bits per heavy atom. The van der Waals surface area contributed by atoms with E-state index in [4.69, 9.17) is 21.4 Å². The average Bonchev–Trinajstić information content (AvgIpc) is 2.47. The zero-order valence-electron chi connectivity index (χ0n) is 10.6. The van der Waals surface area contributed by atoms with Crippen LogP contribution in [0.3, 0.4) is 0 Å². The molecule has 1 fully saturated rings. The molecule has 1 atom stereocenters. The lowest BCUT2D eigenvalue weighted by atomic mass is 10.1. The number of ether oxygens (including phenoxy) is 1. The van der Waals surface area contributed by atoms with Gasteiger partial charge in [0.25, 0.3) is 5.91 Å². The van der Waals surface area contributed by atoms with Crippen LogP contribution in [0.5, 0.6) is 0 Å². The smallest absolute Gasteiger partial charge is 0.255 e. The molecule has 104 valence electrons. The predicted molar refractivity (Wildman–Crippen MR) is 76.0 cm³/mol. The normalized spacial score (nSPS) is 19.5. The third-order valence-electron chi connectivity index (χ3n) is 3.03. The lowest BCUT2D eigenvalue weighted by Gasteiger charge is -2.32. The number of benzene rings is 1. The van der Waals surface area contributed by atoms with Gasteiger partial charge in [0.05, 0.1) is 29.9 Å². The maximum atomic E-state index is 12.4. The average molecular weight is 302 g/mol. The van der Waals surface area contributed by atoms with Gasteiger partial charge >= 0.3 is 0 Å². The van der Waals surface area contributed by atoms with Gasteiger partial charge in [0.1, 0.15) is 0 Å². The second-order valence-corrected chi connectivity index (χ2v) is 5.56. The summed E-state index contributed by atoms with van der Waals surface area (Å²) in [6.45, 7) is 1.28. The van der Waals surface area contributed by atoms with Crippen LogP contribution in [-0.2, 0) is 4.74 Å². The van der Waals surface area contributed by atoms with E-state index in [2.05, 4.69) is 0 Å². The molecule has 0 aromatic heterocycles. The maximum Gasteiger partial charge on any atom is 0.255 e. The summed E-state index contributed by atoms with van der Waals surface area (Å²) in [7, 11) is 0. The molecule has 1 saturated heterocycles. The minimum Gasteiger partial charge on any atom is -0.394 e. The fraction of sp³-hybridized carbons (Fsp3) is 0.462. The van der Waals surface area contributed by atoms with Gasteiger partial charge in [-0.05, 0) is 24.5 Å². The molecule has 1 aliphatic rings. The van der Waals surface area contributed by atoms with E-state index in [0.717, 1.165) is 4.90 Å². The fourth-order valence-electron chi connectivity index (χ4n) is 1.98. The van der Waals surface area contributed by atoms with Crippen molar-refractivity contribution < 1.29 is 14.6 Å². The van der Waals surface area contributed by atoms with Crippen LogP contribution in [0.15, 0.2) is 23.1 Å². The Kier molecular flexibility index (Phi) is 5.10. The van der Waals surface area contributed by atoms with Crippen LogP contribution in [0, 0.1) is 0 Å². The van der Waals surface area contributed by atoms with Crippen molar-refractivity contribution in [2.24, 2.45) is 0 Å². The molecule has 1 aromatic rings. The van der Waals surface area contributed by atoms with Crippen molar-refractivity contribution in [1.82, 2.24) is 4.90 Å². The number of halogens is 1. The van der Waals surface area contributed by atoms with Gasteiger partial charge in [0.2, 0.25) is 0 Å². The van der Waals surface area contributed by atoms with E-state index < -0.39 is 0 Å². The summed E-state index contributed by atoms with van der Waals surface area (Å²) < 4.78 is 5.34. The quantitative estimate of drug-likeness (QED) is 0.866. The number of carbonyl (C=O) groups is 1. The zero-order chi connectivity index (χ0) is 13.8. The Morgan fingerprint density at radius 3 is 3.11 bits per heavy atom. The number of aliphatic hydroxyl groups is 1. The number of hydrogen-bond acceptors (Lipinski definition) is 4. The number of thioether (sulfide) groups is 1. The number of rotatable bonds is 3. The first-order chi connectivity index (χ1) is 9.15. The molecule has 1 amide bonds. The summed E-state index contributed by atoms with van der Waals surface area (Å²) in [4.78, 5) is 15.1.